The summed E-state index contributed by atoms with van der Waals surface area (Å²) in [6.45, 7) is 4.84. The third-order valence-corrected chi connectivity index (χ3v) is 2.93. The van der Waals surface area contributed by atoms with Crippen molar-refractivity contribution in [1.29, 1.82) is 0 Å². The van der Waals surface area contributed by atoms with Gasteiger partial charge in [0.1, 0.15) is 5.75 Å². The number of carbonyl (C=O) groups excluding carboxylic acids is 1. The zero-order valence-electron chi connectivity index (χ0n) is 11.7. The number of nitrogens with one attached hydrogen (secondary N) is 1. The van der Waals surface area contributed by atoms with Crippen molar-refractivity contribution < 1.29 is 9.53 Å². The third-order valence-electron chi connectivity index (χ3n) is 2.93. The van der Waals surface area contributed by atoms with Crippen molar-refractivity contribution in [2.45, 2.75) is 20.3 Å². The summed E-state index contributed by atoms with van der Waals surface area (Å²) in [5.41, 5.74) is 7.74. The number of carbonyl (C=O) groups is 1. The molecule has 5 heteroatoms. The number of hydrogen-bond donors (Lipinski definition) is 2. The van der Waals surface area contributed by atoms with Crippen LogP contribution in [0.2, 0.25) is 0 Å². The lowest BCUT2D eigenvalue weighted by Crippen LogP contribution is -2.34. The van der Waals surface area contributed by atoms with Gasteiger partial charge in [-0.1, -0.05) is 24.6 Å². The van der Waals surface area contributed by atoms with Crippen molar-refractivity contribution in [2.75, 3.05) is 20.2 Å². The summed E-state index contributed by atoms with van der Waals surface area (Å²) in [6.07, 6.45) is 0.758. The first-order valence-electron chi connectivity index (χ1n) is 6.19. The molecule has 4 nitrogen and oxygen atoms in total. The van der Waals surface area contributed by atoms with Gasteiger partial charge in [-0.3, -0.25) is 4.79 Å². The average molecular weight is 287 g/mol. The minimum atomic E-state index is -0.135. The summed E-state index contributed by atoms with van der Waals surface area (Å²) >= 11 is 0. The van der Waals surface area contributed by atoms with Crippen molar-refractivity contribution >= 4 is 18.3 Å². The molecule has 108 valence electrons. The van der Waals surface area contributed by atoms with Gasteiger partial charge in [-0.25, -0.2) is 0 Å². The highest BCUT2D eigenvalue weighted by Gasteiger charge is 2.10. The first-order chi connectivity index (χ1) is 8.58. The van der Waals surface area contributed by atoms with Crippen LogP contribution in [0.15, 0.2) is 18.2 Å². The Morgan fingerprint density at radius 1 is 1.47 bits per heavy atom. The lowest BCUT2D eigenvalue weighted by atomic mass is 10.1. The van der Waals surface area contributed by atoms with Crippen molar-refractivity contribution in [2.24, 2.45) is 11.7 Å². The Morgan fingerprint density at radius 3 is 2.74 bits per heavy atom. The molecule has 0 radical (unpaired) electrons. The van der Waals surface area contributed by atoms with Gasteiger partial charge in [-0.2, -0.15) is 0 Å². The van der Waals surface area contributed by atoms with E-state index in [1.165, 1.54) is 5.56 Å². The Kier molecular flexibility index (Phi) is 8.19. The molecule has 0 heterocycles. The van der Waals surface area contributed by atoms with E-state index in [2.05, 4.69) is 11.4 Å². The van der Waals surface area contributed by atoms with Crippen LogP contribution in [0.25, 0.3) is 0 Å². The maximum Gasteiger partial charge on any atom is 0.224 e. The molecule has 1 amide bonds. The Hall–Kier alpha value is -1.26. The SMILES string of the molecule is COc1ccc(C)cc1CCNC(=O)C(C)CN.Cl. The second-order valence-electron chi connectivity index (χ2n) is 4.49. The largest absolute Gasteiger partial charge is 0.496 e. The molecule has 0 aliphatic carbocycles. The second-order valence-corrected chi connectivity index (χ2v) is 4.49. The van der Waals surface area contributed by atoms with Crippen LogP contribution in [0.4, 0.5) is 0 Å². The number of benzene rings is 1. The second kappa shape index (κ2) is 8.77. The van der Waals surface area contributed by atoms with E-state index in [0.717, 1.165) is 17.7 Å². The van der Waals surface area contributed by atoms with Gasteiger partial charge in [0, 0.05) is 19.0 Å². The Bertz CT molecular complexity index is 410. The van der Waals surface area contributed by atoms with Crippen LogP contribution in [0.1, 0.15) is 18.1 Å². The standard InChI is InChI=1S/C14H22N2O2.ClH/c1-10-4-5-13(18-3)12(8-10)6-7-16-14(17)11(2)9-15;/h4-5,8,11H,6-7,9,15H2,1-3H3,(H,16,17);1H. The maximum absolute atomic E-state index is 11.6. The molecule has 0 aromatic heterocycles. The molecular weight excluding hydrogens is 264 g/mol. The molecule has 0 bridgehead atoms. The minimum absolute atomic E-state index is 0. The summed E-state index contributed by atoms with van der Waals surface area (Å²) in [7, 11) is 1.66. The van der Waals surface area contributed by atoms with E-state index in [4.69, 9.17) is 10.5 Å². The van der Waals surface area contributed by atoms with Crippen LogP contribution >= 0.6 is 12.4 Å². The predicted octanol–water partition coefficient (Wildman–Crippen LogP) is 1.68. The summed E-state index contributed by atoms with van der Waals surface area (Å²) < 4.78 is 5.29. The lowest BCUT2D eigenvalue weighted by molar-refractivity contribution is -0.124. The van der Waals surface area contributed by atoms with Crippen LogP contribution in [0.3, 0.4) is 0 Å². The molecule has 1 aromatic carbocycles. The number of methoxy groups -OCH3 is 1. The molecule has 1 rings (SSSR count). The summed E-state index contributed by atoms with van der Waals surface area (Å²) in [5.74, 6) is 0.732. The van der Waals surface area contributed by atoms with E-state index in [-0.39, 0.29) is 24.2 Å². The fraction of sp³-hybridized carbons (Fsp3) is 0.500. The molecule has 1 aromatic rings. The molecule has 1 atom stereocenters. The van der Waals surface area contributed by atoms with Gasteiger partial charge in [0.15, 0.2) is 0 Å². The molecular formula is C14H23ClN2O2. The van der Waals surface area contributed by atoms with Gasteiger partial charge < -0.3 is 15.8 Å². The molecule has 0 aliphatic heterocycles. The summed E-state index contributed by atoms with van der Waals surface area (Å²) in [4.78, 5) is 11.6. The molecule has 3 N–H and O–H groups in total. The van der Waals surface area contributed by atoms with Crippen LogP contribution in [-0.2, 0) is 11.2 Å². The number of nitrogens with two attached hydrogens (primary N) is 1. The molecule has 0 aliphatic rings. The van der Waals surface area contributed by atoms with Crippen molar-refractivity contribution in [3.63, 3.8) is 0 Å². The quantitative estimate of drug-likeness (QED) is 0.836. The molecule has 0 fully saturated rings. The molecule has 0 spiro atoms. The average Bonchev–Trinajstić information content (AvgIpc) is 2.38. The van der Waals surface area contributed by atoms with E-state index in [0.29, 0.717) is 13.1 Å². The molecule has 19 heavy (non-hydrogen) atoms. The van der Waals surface area contributed by atoms with Crippen LogP contribution in [0.5, 0.6) is 5.75 Å². The molecule has 0 saturated carbocycles. The highest BCUT2D eigenvalue weighted by molar-refractivity contribution is 5.85. The summed E-state index contributed by atoms with van der Waals surface area (Å²) in [6, 6.07) is 6.05. The topological polar surface area (TPSA) is 64.3 Å². The number of hydrogen-bond acceptors (Lipinski definition) is 3. The van der Waals surface area contributed by atoms with E-state index < -0.39 is 0 Å². The van der Waals surface area contributed by atoms with Crippen LogP contribution in [0, 0.1) is 12.8 Å². The van der Waals surface area contributed by atoms with E-state index in [1.807, 2.05) is 26.0 Å². The van der Waals surface area contributed by atoms with Crippen molar-refractivity contribution in [1.82, 2.24) is 5.32 Å². The fourth-order valence-corrected chi connectivity index (χ4v) is 1.70. The monoisotopic (exact) mass is 286 g/mol. The Morgan fingerprint density at radius 2 is 2.16 bits per heavy atom. The van der Waals surface area contributed by atoms with E-state index >= 15 is 0 Å². The van der Waals surface area contributed by atoms with Gasteiger partial charge in [0.25, 0.3) is 0 Å². The Balaban J connectivity index is 0.00000324. The van der Waals surface area contributed by atoms with Crippen molar-refractivity contribution in [3.05, 3.63) is 29.3 Å². The lowest BCUT2D eigenvalue weighted by Gasteiger charge is -2.12. The maximum atomic E-state index is 11.6. The van der Waals surface area contributed by atoms with Gasteiger partial charge in [-0.15, -0.1) is 12.4 Å². The van der Waals surface area contributed by atoms with Crippen LogP contribution in [-0.4, -0.2) is 26.1 Å². The highest BCUT2D eigenvalue weighted by Crippen LogP contribution is 2.19. The number of halogens is 1. The zero-order chi connectivity index (χ0) is 13.5. The molecule has 1 unspecified atom stereocenters. The minimum Gasteiger partial charge on any atom is -0.496 e. The first-order valence-corrected chi connectivity index (χ1v) is 6.19. The normalized spacial score (nSPS) is 11.4. The Labute approximate surface area is 121 Å². The predicted molar refractivity (Wildman–Crippen MR) is 79.9 cm³/mol. The first kappa shape index (κ1) is 17.7. The van der Waals surface area contributed by atoms with Crippen LogP contribution < -0.4 is 15.8 Å². The number of aryl methyl sites for hydroxylation is 1. The highest BCUT2D eigenvalue weighted by atomic mass is 35.5. The molecule has 0 saturated heterocycles. The van der Waals surface area contributed by atoms with Gasteiger partial charge in [0.2, 0.25) is 5.91 Å². The van der Waals surface area contributed by atoms with Gasteiger partial charge in [0.05, 0.1) is 7.11 Å². The number of amides is 1. The third kappa shape index (κ3) is 5.49. The number of rotatable bonds is 6. The zero-order valence-corrected chi connectivity index (χ0v) is 12.5. The van der Waals surface area contributed by atoms with Gasteiger partial charge >= 0.3 is 0 Å². The number of ether oxygens (including phenoxy) is 1. The fourth-order valence-electron chi connectivity index (χ4n) is 1.70. The smallest absolute Gasteiger partial charge is 0.224 e. The summed E-state index contributed by atoms with van der Waals surface area (Å²) in [5, 5.41) is 2.88. The van der Waals surface area contributed by atoms with E-state index in [9.17, 15) is 4.79 Å². The van der Waals surface area contributed by atoms with Gasteiger partial charge in [-0.05, 0) is 25.0 Å². The van der Waals surface area contributed by atoms with E-state index in [1.54, 1.807) is 7.11 Å². The van der Waals surface area contributed by atoms with Crippen molar-refractivity contribution in [3.8, 4) is 5.75 Å².